The molecule has 1 aromatic heterocycles. The first-order chi connectivity index (χ1) is 19.5. The highest BCUT2D eigenvalue weighted by atomic mass is 32.2. The maximum Gasteiger partial charge on any atom is 0.223 e. The summed E-state index contributed by atoms with van der Waals surface area (Å²) in [7, 11) is 0. The number of hydrogen-bond acceptors (Lipinski definition) is 6. The van der Waals surface area contributed by atoms with E-state index in [4.69, 9.17) is 0 Å². The van der Waals surface area contributed by atoms with Crippen molar-refractivity contribution in [1.82, 2.24) is 0 Å². The van der Waals surface area contributed by atoms with Crippen LogP contribution >= 0.6 is 34.9 Å². The average molecular weight is 585 g/mol. The van der Waals surface area contributed by atoms with Crippen molar-refractivity contribution in [2.24, 2.45) is 0 Å². The van der Waals surface area contributed by atoms with Crippen LogP contribution in [0.25, 0.3) is 0 Å². The van der Waals surface area contributed by atoms with Crippen molar-refractivity contribution in [3.63, 3.8) is 0 Å². The van der Waals surface area contributed by atoms with Crippen LogP contribution in [0.2, 0.25) is 0 Å². The average Bonchev–Trinajstić information content (AvgIpc) is 3.71. The Morgan fingerprint density at radius 2 is 1.80 bits per heavy atom. The predicted molar refractivity (Wildman–Crippen MR) is 172 cm³/mol. The summed E-state index contributed by atoms with van der Waals surface area (Å²) in [6.07, 6.45) is 9.92. The Kier molecular flexibility index (Phi) is 9.15. The van der Waals surface area contributed by atoms with Gasteiger partial charge in [0.15, 0.2) is 5.78 Å². The third-order valence-corrected chi connectivity index (χ3v) is 10.2. The molecule has 2 aliphatic rings. The Balaban J connectivity index is 1.52. The Morgan fingerprint density at radius 1 is 1.00 bits per heavy atom. The standard InChI is InChI=1S/C33H32N2O2S3/c1-4-34(23(3)36)26-11-6-9-14-30(26)40-33-24(18-20-28(37)31-15-10-22-38-31)16-17-25(33)19-21-32-35(5-2)27-12-7-8-13-29(27)39-32/h6-15,18-22H,4-5,16-17H2,1-3H3/b20-18-,25-19+,32-21+. The van der Waals surface area contributed by atoms with E-state index in [2.05, 4.69) is 54.3 Å². The van der Waals surface area contributed by atoms with E-state index < -0.39 is 0 Å². The van der Waals surface area contributed by atoms with E-state index >= 15 is 0 Å². The third-order valence-electron chi connectivity index (χ3n) is 6.89. The number of rotatable bonds is 9. The molecule has 0 spiro atoms. The van der Waals surface area contributed by atoms with Gasteiger partial charge in [-0.15, -0.1) is 11.3 Å². The molecule has 0 saturated heterocycles. The normalized spacial score (nSPS) is 16.9. The third kappa shape index (κ3) is 6.07. The fraction of sp³-hybridized carbons (Fsp3) is 0.212. The molecule has 204 valence electrons. The van der Waals surface area contributed by atoms with Crippen LogP contribution in [0.15, 0.2) is 121 Å². The second-order valence-corrected chi connectivity index (χ2v) is 12.4. The van der Waals surface area contributed by atoms with Crippen molar-refractivity contribution >= 4 is 57.9 Å². The van der Waals surface area contributed by atoms with Gasteiger partial charge in [0.25, 0.3) is 0 Å². The van der Waals surface area contributed by atoms with Crippen molar-refractivity contribution < 1.29 is 9.59 Å². The lowest BCUT2D eigenvalue weighted by molar-refractivity contribution is -0.116. The minimum Gasteiger partial charge on any atom is -0.335 e. The molecule has 7 heteroatoms. The molecule has 3 aromatic rings. The summed E-state index contributed by atoms with van der Waals surface area (Å²) in [6, 6.07) is 20.4. The van der Waals surface area contributed by atoms with Gasteiger partial charge in [-0.25, -0.2) is 0 Å². The van der Waals surface area contributed by atoms with Crippen LogP contribution < -0.4 is 9.80 Å². The van der Waals surface area contributed by atoms with Gasteiger partial charge < -0.3 is 9.80 Å². The molecule has 2 heterocycles. The second-order valence-electron chi connectivity index (χ2n) is 9.37. The first kappa shape index (κ1) is 28.3. The van der Waals surface area contributed by atoms with E-state index in [0.29, 0.717) is 6.54 Å². The van der Waals surface area contributed by atoms with E-state index in [1.165, 1.54) is 32.5 Å². The van der Waals surface area contributed by atoms with E-state index in [0.717, 1.165) is 45.3 Å². The second kappa shape index (κ2) is 12.9. The lowest BCUT2D eigenvalue weighted by atomic mass is 10.2. The summed E-state index contributed by atoms with van der Waals surface area (Å²) in [5, 5.41) is 3.14. The number of ketones is 1. The molecule has 0 fully saturated rings. The predicted octanol–water partition coefficient (Wildman–Crippen LogP) is 9.10. The molecule has 4 nitrogen and oxygen atoms in total. The van der Waals surface area contributed by atoms with Crippen LogP contribution in [0.5, 0.6) is 0 Å². The number of benzene rings is 2. The number of carbonyl (C=O) groups excluding carboxylic acids is 2. The minimum absolute atomic E-state index is 0.0237. The Hall–Kier alpha value is -3.26. The molecule has 1 amide bonds. The molecule has 1 aliphatic carbocycles. The minimum atomic E-state index is 0.0237. The highest BCUT2D eigenvalue weighted by Gasteiger charge is 2.25. The topological polar surface area (TPSA) is 40.6 Å². The van der Waals surface area contributed by atoms with Crippen molar-refractivity contribution in [2.45, 2.75) is 43.4 Å². The number of thioether (sulfide) groups is 2. The number of amides is 1. The fourth-order valence-electron chi connectivity index (χ4n) is 4.94. The molecule has 0 unspecified atom stereocenters. The van der Waals surface area contributed by atoms with Crippen LogP contribution in [0.1, 0.15) is 43.3 Å². The van der Waals surface area contributed by atoms with E-state index in [9.17, 15) is 9.59 Å². The Labute approximate surface area is 249 Å². The fourth-order valence-corrected chi connectivity index (χ4v) is 7.97. The molecule has 40 heavy (non-hydrogen) atoms. The number of hydrogen-bond donors (Lipinski definition) is 0. The summed E-state index contributed by atoms with van der Waals surface area (Å²) in [5.41, 5.74) is 4.56. The quantitative estimate of drug-likeness (QED) is 0.185. The molecule has 0 atom stereocenters. The highest BCUT2D eigenvalue weighted by Crippen LogP contribution is 2.48. The number of para-hydroxylation sites is 2. The van der Waals surface area contributed by atoms with Crippen molar-refractivity contribution in [1.29, 1.82) is 0 Å². The van der Waals surface area contributed by atoms with E-state index in [1.807, 2.05) is 53.6 Å². The van der Waals surface area contributed by atoms with Gasteiger partial charge in [-0.1, -0.05) is 66.0 Å². The number of carbonyl (C=O) groups is 2. The Morgan fingerprint density at radius 3 is 2.55 bits per heavy atom. The molecular weight excluding hydrogens is 553 g/mol. The van der Waals surface area contributed by atoms with Gasteiger partial charge in [-0.05, 0) is 85.7 Å². The van der Waals surface area contributed by atoms with Crippen LogP contribution in [0.4, 0.5) is 11.4 Å². The molecule has 0 bridgehead atoms. The van der Waals surface area contributed by atoms with Crippen LogP contribution in [0.3, 0.4) is 0 Å². The molecule has 0 N–H and O–H groups in total. The molecule has 5 rings (SSSR count). The van der Waals surface area contributed by atoms with Gasteiger partial charge in [-0.2, -0.15) is 0 Å². The first-order valence-electron chi connectivity index (χ1n) is 13.5. The maximum atomic E-state index is 12.8. The van der Waals surface area contributed by atoms with Gasteiger partial charge in [-0.3, -0.25) is 9.59 Å². The maximum absolute atomic E-state index is 12.8. The summed E-state index contributed by atoms with van der Waals surface area (Å²) < 4.78 is 0. The number of fused-ring (bicyclic) bond motifs is 1. The molecule has 2 aromatic carbocycles. The zero-order chi connectivity index (χ0) is 28.1. The number of nitrogens with zero attached hydrogens (tertiary/aromatic N) is 2. The lowest BCUT2D eigenvalue weighted by Crippen LogP contribution is -2.28. The smallest absolute Gasteiger partial charge is 0.223 e. The monoisotopic (exact) mass is 584 g/mol. The summed E-state index contributed by atoms with van der Waals surface area (Å²) >= 11 is 4.95. The lowest BCUT2D eigenvalue weighted by Gasteiger charge is -2.22. The van der Waals surface area contributed by atoms with Gasteiger partial charge in [0, 0.05) is 34.7 Å². The van der Waals surface area contributed by atoms with Gasteiger partial charge >= 0.3 is 0 Å². The van der Waals surface area contributed by atoms with Crippen LogP contribution in [0, 0.1) is 0 Å². The SMILES string of the molecule is CCN(C(C)=O)c1ccccc1SC1=C(/C=C\C(=O)c2cccs2)CC/C1=C\C=C1\Sc2ccccc2N1CC. The number of allylic oxidation sites excluding steroid dienone is 6. The van der Waals surface area contributed by atoms with Gasteiger partial charge in [0.2, 0.25) is 5.91 Å². The summed E-state index contributed by atoms with van der Waals surface area (Å²) in [5.74, 6) is 0.0508. The number of thiophene rings is 1. The van der Waals surface area contributed by atoms with Gasteiger partial charge in [0.05, 0.1) is 21.3 Å². The summed E-state index contributed by atoms with van der Waals surface area (Å²) in [6.45, 7) is 7.29. The number of anilines is 2. The van der Waals surface area contributed by atoms with Crippen molar-refractivity contribution in [3.8, 4) is 0 Å². The highest BCUT2D eigenvalue weighted by molar-refractivity contribution is 8.04. The first-order valence-corrected chi connectivity index (χ1v) is 16.0. The van der Waals surface area contributed by atoms with Crippen LogP contribution in [-0.2, 0) is 4.79 Å². The van der Waals surface area contributed by atoms with E-state index in [1.54, 1.807) is 36.5 Å². The zero-order valence-electron chi connectivity index (χ0n) is 22.9. The Bertz CT molecular complexity index is 1530. The van der Waals surface area contributed by atoms with Crippen LogP contribution in [-0.4, -0.2) is 24.8 Å². The molecule has 0 radical (unpaired) electrons. The molecule has 1 aliphatic heterocycles. The molecule has 0 saturated carbocycles. The zero-order valence-corrected chi connectivity index (χ0v) is 25.4. The summed E-state index contributed by atoms with van der Waals surface area (Å²) in [4.78, 5) is 33.5. The van der Waals surface area contributed by atoms with Crippen molar-refractivity contribution in [3.05, 3.63) is 116 Å². The van der Waals surface area contributed by atoms with Crippen molar-refractivity contribution in [2.75, 3.05) is 22.9 Å². The molecular formula is C33H32N2O2S3. The van der Waals surface area contributed by atoms with E-state index in [-0.39, 0.29) is 11.7 Å². The largest absolute Gasteiger partial charge is 0.335 e. The van der Waals surface area contributed by atoms with Gasteiger partial charge in [0.1, 0.15) is 0 Å².